The third-order valence-electron chi connectivity index (χ3n) is 4.78. The Bertz CT molecular complexity index is 991. The number of fused-ring (bicyclic) bond motifs is 1. The van der Waals surface area contributed by atoms with Gasteiger partial charge in [0.15, 0.2) is 5.82 Å². The number of rotatable bonds is 7. The van der Waals surface area contributed by atoms with Crippen molar-refractivity contribution in [3.63, 3.8) is 0 Å². The minimum Gasteiger partial charge on any atom is -0.491 e. The van der Waals surface area contributed by atoms with Gasteiger partial charge in [-0.2, -0.15) is 0 Å². The number of hydrogen-bond acceptors (Lipinski definition) is 7. The van der Waals surface area contributed by atoms with Gasteiger partial charge in [0.05, 0.1) is 13.2 Å². The van der Waals surface area contributed by atoms with Crippen LogP contribution in [0.2, 0.25) is 0 Å². The van der Waals surface area contributed by atoms with Crippen LogP contribution in [0, 0.1) is 5.82 Å². The van der Waals surface area contributed by atoms with Crippen molar-refractivity contribution < 1.29 is 32.9 Å². The number of carbonyl (C=O) groups is 2. The molecular weight excluding hydrogens is 431 g/mol. The molecule has 1 aliphatic heterocycles. The molecule has 0 radical (unpaired) electrons. The first-order valence-corrected chi connectivity index (χ1v) is 10.6. The van der Waals surface area contributed by atoms with Crippen LogP contribution in [0.4, 0.5) is 14.9 Å². The number of anilines is 1. The lowest BCUT2D eigenvalue weighted by atomic mass is 10.0. The molecule has 2 aromatic rings. The zero-order valence-corrected chi connectivity index (χ0v) is 19.2. The van der Waals surface area contributed by atoms with Crippen LogP contribution in [0.1, 0.15) is 31.9 Å². The van der Waals surface area contributed by atoms with Crippen LogP contribution in [0.3, 0.4) is 0 Å². The Balaban J connectivity index is 1.82. The van der Waals surface area contributed by atoms with Gasteiger partial charge in [-0.25, -0.2) is 9.18 Å². The summed E-state index contributed by atoms with van der Waals surface area (Å²) in [5.41, 5.74) is 0.536. The number of carbonyl (C=O) groups excluding carboxylic acids is 2. The Morgan fingerprint density at radius 2 is 1.94 bits per heavy atom. The van der Waals surface area contributed by atoms with Crippen molar-refractivity contribution in [2.75, 3.05) is 25.6 Å². The molecule has 1 amide bonds. The normalized spacial score (nSPS) is 15.0. The highest BCUT2D eigenvalue weighted by molar-refractivity contribution is 5.76. The Labute approximate surface area is 192 Å². The first-order valence-electron chi connectivity index (χ1n) is 10.6. The van der Waals surface area contributed by atoms with E-state index in [2.05, 4.69) is 15.4 Å². The van der Waals surface area contributed by atoms with Crippen molar-refractivity contribution in [3.05, 3.63) is 53.3 Å². The summed E-state index contributed by atoms with van der Waals surface area (Å²) in [6, 6.07) is 10.5. The summed E-state index contributed by atoms with van der Waals surface area (Å²) in [6.07, 6.45) is -0.418. The van der Waals surface area contributed by atoms with E-state index in [-0.39, 0.29) is 43.2 Å². The number of halogens is 1. The molecule has 0 aromatic heterocycles. The molecule has 1 heterocycles. The topological polar surface area (TPSA) is 95.1 Å². The molecule has 0 unspecified atom stereocenters. The van der Waals surface area contributed by atoms with Gasteiger partial charge in [0.25, 0.3) is 0 Å². The lowest BCUT2D eigenvalue weighted by Crippen LogP contribution is -2.45. The van der Waals surface area contributed by atoms with E-state index < -0.39 is 29.5 Å². The van der Waals surface area contributed by atoms with E-state index in [9.17, 15) is 9.59 Å². The maximum Gasteiger partial charge on any atom is 0.408 e. The fraction of sp³-hybridized carbons (Fsp3) is 0.417. The Morgan fingerprint density at radius 3 is 2.61 bits per heavy atom. The maximum absolute atomic E-state index is 15.6. The average Bonchev–Trinajstić information content (AvgIpc) is 2.76. The molecule has 9 heteroatoms. The van der Waals surface area contributed by atoms with Gasteiger partial charge in [-0.3, -0.25) is 4.79 Å². The molecule has 2 N–H and O–H groups in total. The number of alkyl carbamates (subject to hydrolysis) is 1. The first kappa shape index (κ1) is 24.2. The monoisotopic (exact) mass is 460 g/mol. The molecular formula is C24H29FN2O6. The van der Waals surface area contributed by atoms with Crippen LogP contribution in [0.5, 0.6) is 11.5 Å². The SMILES string of the molecule is COC(=O)CNc1c(OCc2ccccc2)cc2c(c1F)C[C@H](NC(=O)OC(C)(C)C)CO2. The molecule has 1 aliphatic rings. The van der Waals surface area contributed by atoms with E-state index in [4.69, 9.17) is 14.2 Å². The van der Waals surface area contributed by atoms with Crippen LogP contribution in [0.25, 0.3) is 0 Å². The minimum absolute atomic E-state index is 0.0246. The molecule has 3 rings (SSSR count). The molecule has 0 saturated heterocycles. The van der Waals surface area contributed by atoms with E-state index in [1.165, 1.54) is 7.11 Å². The number of amides is 1. The number of esters is 1. The zero-order chi connectivity index (χ0) is 24.0. The highest BCUT2D eigenvalue weighted by Gasteiger charge is 2.29. The van der Waals surface area contributed by atoms with Crippen molar-refractivity contribution in [3.8, 4) is 11.5 Å². The quantitative estimate of drug-likeness (QED) is 0.607. The van der Waals surface area contributed by atoms with Crippen LogP contribution in [0.15, 0.2) is 36.4 Å². The van der Waals surface area contributed by atoms with Crippen LogP contribution in [-0.4, -0.2) is 44.0 Å². The van der Waals surface area contributed by atoms with E-state index >= 15 is 4.39 Å². The first-order chi connectivity index (χ1) is 15.7. The Kier molecular flexibility index (Phi) is 7.63. The Morgan fingerprint density at radius 1 is 1.21 bits per heavy atom. The summed E-state index contributed by atoms with van der Waals surface area (Å²) in [6.45, 7) is 5.39. The number of ether oxygens (including phenoxy) is 4. The second-order valence-electron chi connectivity index (χ2n) is 8.60. The lowest BCUT2D eigenvalue weighted by Gasteiger charge is -2.29. The summed E-state index contributed by atoms with van der Waals surface area (Å²) in [7, 11) is 1.25. The van der Waals surface area contributed by atoms with Crippen LogP contribution < -0.4 is 20.1 Å². The number of methoxy groups -OCH3 is 1. The van der Waals surface area contributed by atoms with Crippen molar-refractivity contribution >= 4 is 17.7 Å². The minimum atomic E-state index is -0.654. The van der Waals surface area contributed by atoms with E-state index in [1.807, 2.05) is 30.3 Å². The van der Waals surface area contributed by atoms with Crippen molar-refractivity contribution in [1.82, 2.24) is 5.32 Å². The van der Waals surface area contributed by atoms with E-state index in [0.29, 0.717) is 5.75 Å². The third kappa shape index (κ3) is 6.74. The smallest absolute Gasteiger partial charge is 0.408 e. The van der Waals surface area contributed by atoms with Gasteiger partial charge in [0, 0.05) is 18.1 Å². The molecule has 33 heavy (non-hydrogen) atoms. The number of nitrogens with one attached hydrogen (secondary N) is 2. The lowest BCUT2D eigenvalue weighted by molar-refractivity contribution is -0.138. The van der Waals surface area contributed by atoms with Gasteiger partial charge in [-0.15, -0.1) is 0 Å². The fourth-order valence-corrected chi connectivity index (χ4v) is 3.27. The third-order valence-corrected chi connectivity index (χ3v) is 4.78. The molecule has 0 spiro atoms. The van der Waals surface area contributed by atoms with Crippen LogP contribution >= 0.6 is 0 Å². The van der Waals surface area contributed by atoms with Gasteiger partial charge in [-0.05, 0) is 26.3 Å². The second-order valence-corrected chi connectivity index (χ2v) is 8.60. The largest absolute Gasteiger partial charge is 0.491 e. The van der Waals surface area contributed by atoms with Gasteiger partial charge in [-0.1, -0.05) is 30.3 Å². The molecule has 0 saturated carbocycles. The maximum atomic E-state index is 15.6. The number of benzene rings is 2. The predicted octanol–water partition coefficient (Wildman–Crippen LogP) is 3.82. The van der Waals surface area contributed by atoms with E-state index in [0.717, 1.165) is 5.56 Å². The summed E-state index contributed by atoms with van der Waals surface area (Å²) in [5.74, 6) is -0.643. The molecule has 0 aliphatic carbocycles. The molecule has 0 bridgehead atoms. The van der Waals surface area contributed by atoms with Gasteiger partial charge in [0.1, 0.15) is 42.5 Å². The summed E-state index contributed by atoms with van der Waals surface area (Å²) in [5, 5.41) is 5.47. The van der Waals surface area contributed by atoms with Crippen LogP contribution in [-0.2, 0) is 27.3 Å². The molecule has 2 aromatic carbocycles. The molecule has 178 valence electrons. The second kappa shape index (κ2) is 10.4. The molecule has 8 nitrogen and oxygen atoms in total. The van der Waals surface area contributed by atoms with Gasteiger partial charge >= 0.3 is 12.1 Å². The van der Waals surface area contributed by atoms with Gasteiger partial charge < -0.3 is 29.6 Å². The van der Waals surface area contributed by atoms with Crippen molar-refractivity contribution in [2.24, 2.45) is 0 Å². The Hall–Kier alpha value is -3.49. The summed E-state index contributed by atoms with van der Waals surface area (Å²) in [4.78, 5) is 23.7. The number of hydrogen-bond donors (Lipinski definition) is 2. The molecule has 1 atom stereocenters. The highest BCUT2D eigenvalue weighted by Crippen LogP contribution is 2.39. The van der Waals surface area contributed by atoms with Crippen molar-refractivity contribution in [1.29, 1.82) is 0 Å². The summed E-state index contributed by atoms with van der Waals surface area (Å²) >= 11 is 0. The standard InChI is InChI=1S/C24H29FN2O6/c1-24(2,3)33-23(29)27-16-10-17-18(32-14-16)11-19(31-13-15-8-6-5-7-9-15)22(21(17)25)26-12-20(28)30-4/h5-9,11,16,26H,10,12-14H2,1-4H3,(H,27,29)/t16-/m0/s1. The molecule has 0 fully saturated rings. The fourth-order valence-electron chi connectivity index (χ4n) is 3.27. The van der Waals surface area contributed by atoms with E-state index in [1.54, 1.807) is 26.8 Å². The summed E-state index contributed by atoms with van der Waals surface area (Å²) < 4.78 is 37.1. The zero-order valence-electron chi connectivity index (χ0n) is 19.2. The van der Waals surface area contributed by atoms with Crippen molar-refractivity contribution in [2.45, 2.75) is 45.4 Å². The van der Waals surface area contributed by atoms with Gasteiger partial charge in [0.2, 0.25) is 0 Å². The average molecular weight is 461 g/mol. The predicted molar refractivity (Wildman–Crippen MR) is 120 cm³/mol. The highest BCUT2D eigenvalue weighted by atomic mass is 19.1.